The van der Waals surface area contributed by atoms with Gasteiger partial charge in [-0.15, -0.1) is 0 Å². The number of Topliss-reactive ketones (excluding diaryl/α,β-unsaturated/α-hetero) is 1. The van der Waals surface area contributed by atoms with Gasteiger partial charge in [0.2, 0.25) is 0 Å². The smallest absolute Gasteiger partial charge is 0.300 e. The molecule has 1 heterocycles. The van der Waals surface area contributed by atoms with Gasteiger partial charge in [0, 0.05) is 11.3 Å². The number of benzene rings is 3. The van der Waals surface area contributed by atoms with E-state index in [0.717, 1.165) is 11.1 Å². The van der Waals surface area contributed by atoms with Crippen molar-refractivity contribution in [1.29, 1.82) is 0 Å². The zero-order valence-corrected chi connectivity index (χ0v) is 20.5. The van der Waals surface area contributed by atoms with Gasteiger partial charge in [0.25, 0.3) is 11.7 Å². The van der Waals surface area contributed by atoms with Crippen molar-refractivity contribution in [2.45, 2.75) is 32.7 Å². The number of amides is 1. The molecule has 1 fully saturated rings. The van der Waals surface area contributed by atoms with E-state index in [9.17, 15) is 14.7 Å². The average Bonchev–Trinajstić information content (AvgIpc) is 3.13. The first-order chi connectivity index (χ1) is 16.8. The van der Waals surface area contributed by atoms with Gasteiger partial charge < -0.3 is 14.6 Å². The Morgan fingerprint density at radius 3 is 2.34 bits per heavy atom. The van der Waals surface area contributed by atoms with E-state index in [2.05, 4.69) is 0 Å². The summed E-state index contributed by atoms with van der Waals surface area (Å²) in [5.74, 6) is -0.247. The molecule has 6 nitrogen and oxygen atoms in total. The van der Waals surface area contributed by atoms with Gasteiger partial charge in [0.05, 0.1) is 25.8 Å². The fourth-order valence-corrected chi connectivity index (χ4v) is 4.49. The number of carbonyl (C=O) groups is 2. The number of aliphatic hydroxyl groups excluding tert-OH is 1. The van der Waals surface area contributed by atoms with Crippen molar-refractivity contribution in [3.63, 3.8) is 0 Å². The van der Waals surface area contributed by atoms with Crippen LogP contribution in [-0.4, -0.2) is 31.0 Å². The van der Waals surface area contributed by atoms with E-state index >= 15 is 0 Å². The second kappa shape index (κ2) is 9.66. The highest BCUT2D eigenvalue weighted by Gasteiger charge is 2.47. The largest absolute Gasteiger partial charge is 0.507 e. The van der Waals surface area contributed by atoms with Crippen LogP contribution in [0.4, 0.5) is 5.69 Å². The van der Waals surface area contributed by atoms with Crippen LogP contribution in [0.1, 0.15) is 48.1 Å². The van der Waals surface area contributed by atoms with Crippen molar-refractivity contribution in [2.24, 2.45) is 0 Å². The topological polar surface area (TPSA) is 76.1 Å². The molecule has 1 aliphatic heterocycles. The molecule has 1 aliphatic rings. The number of rotatable bonds is 6. The van der Waals surface area contributed by atoms with Crippen molar-refractivity contribution in [3.05, 3.63) is 94.6 Å². The summed E-state index contributed by atoms with van der Waals surface area (Å²) in [4.78, 5) is 28.2. The van der Waals surface area contributed by atoms with E-state index < -0.39 is 17.7 Å². The minimum atomic E-state index is -0.823. The third-order valence-corrected chi connectivity index (χ3v) is 6.26. The van der Waals surface area contributed by atoms with Crippen LogP contribution in [0.15, 0.2) is 72.3 Å². The number of ether oxygens (including phenoxy) is 2. The van der Waals surface area contributed by atoms with Gasteiger partial charge in [-0.2, -0.15) is 0 Å². The summed E-state index contributed by atoms with van der Waals surface area (Å²) in [5.41, 5.74) is 3.56. The number of ketones is 1. The number of carbonyl (C=O) groups excluding carboxylic acids is 2. The molecule has 3 aromatic rings. The zero-order chi connectivity index (χ0) is 25.3. The first kappa shape index (κ1) is 24.1. The molecule has 1 saturated heterocycles. The van der Waals surface area contributed by atoms with E-state index in [-0.39, 0.29) is 17.3 Å². The standard InChI is InChI=1S/C29H29NO5/c1-17(2)23-16-20(12-13-24(23)35-5)27(31)25-26(19-9-7-11-22(15-19)34-4)30(29(33)28(25)32)21-10-6-8-18(3)14-21/h6-17,26,31H,1-5H3/b27-25-. The highest BCUT2D eigenvalue weighted by atomic mass is 16.5. The number of nitrogens with zero attached hydrogens (tertiary/aromatic N) is 1. The number of hydrogen-bond donors (Lipinski definition) is 1. The quantitative estimate of drug-likeness (QED) is 0.281. The maximum absolute atomic E-state index is 13.4. The molecule has 35 heavy (non-hydrogen) atoms. The molecule has 0 spiro atoms. The molecule has 4 rings (SSSR count). The van der Waals surface area contributed by atoms with Crippen LogP contribution < -0.4 is 14.4 Å². The molecule has 0 aliphatic carbocycles. The van der Waals surface area contributed by atoms with Gasteiger partial charge in [-0.1, -0.05) is 38.1 Å². The van der Waals surface area contributed by atoms with Crippen LogP contribution in [0.5, 0.6) is 11.5 Å². The highest BCUT2D eigenvalue weighted by molar-refractivity contribution is 6.51. The van der Waals surface area contributed by atoms with Gasteiger partial charge in [-0.25, -0.2) is 0 Å². The van der Waals surface area contributed by atoms with Crippen LogP contribution in [0.2, 0.25) is 0 Å². The van der Waals surface area contributed by atoms with Crippen molar-refractivity contribution < 1.29 is 24.2 Å². The second-order valence-electron chi connectivity index (χ2n) is 8.90. The van der Waals surface area contributed by atoms with Crippen molar-refractivity contribution in [3.8, 4) is 11.5 Å². The minimum Gasteiger partial charge on any atom is -0.507 e. The lowest BCUT2D eigenvalue weighted by Crippen LogP contribution is -2.29. The summed E-state index contributed by atoms with van der Waals surface area (Å²) in [7, 11) is 3.15. The van der Waals surface area contributed by atoms with Crippen molar-refractivity contribution >= 4 is 23.1 Å². The van der Waals surface area contributed by atoms with Crippen LogP contribution in [0.25, 0.3) is 5.76 Å². The normalized spacial score (nSPS) is 17.2. The lowest BCUT2D eigenvalue weighted by atomic mass is 9.93. The molecular weight excluding hydrogens is 442 g/mol. The number of methoxy groups -OCH3 is 2. The molecule has 3 aromatic carbocycles. The lowest BCUT2D eigenvalue weighted by molar-refractivity contribution is -0.132. The Kier molecular flexibility index (Phi) is 6.65. The Morgan fingerprint density at radius 1 is 0.943 bits per heavy atom. The molecule has 1 unspecified atom stereocenters. The first-order valence-corrected chi connectivity index (χ1v) is 11.5. The SMILES string of the molecule is COc1cccc(C2/C(=C(/O)c3ccc(OC)c(C(C)C)c3)C(=O)C(=O)N2c2cccc(C)c2)c1. The highest BCUT2D eigenvalue weighted by Crippen LogP contribution is 2.43. The number of anilines is 1. The molecule has 0 bridgehead atoms. The molecule has 1 atom stereocenters. The van der Waals surface area contributed by atoms with Crippen molar-refractivity contribution in [2.75, 3.05) is 19.1 Å². The molecule has 0 saturated carbocycles. The third kappa shape index (κ3) is 4.39. The maximum Gasteiger partial charge on any atom is 0.300 e. The molecule has 0 radical (unpaired) electrons. The summed E-state index contributed by atoms with van der Waals surface area (Å²) in [6.45, 7) is 5.97. The Morgan fingerprint density at radius 2 is 1.69 bits per heavy atom. The van der Waals surface area contributed by atoms with Crippen LogP contribution in [-0.2, 0) is 9.59 Å². The fraction of sp³-hybridized carbons (Fsp3) is 0.241. The van der Waals surface area contributed by atoms with E-state index in [4.69, 9.17) is 9.47 Å². The van der Waals surface area contributed by atoms with Gasteiger partial charge in [0.1, 0.15) is 17.3 Å². The molecule has 1 N–H and O–H groups in total. The number of aliphatic hydroxyl groups is 1. The van der Waals surface area contributed by atoms with Crippen LogP contribution in [0.3, 0.4) is 0 Å². The number of hydrogen-bond acceptors (Lipinski definition) is 5. The minimum absolute atomic E-state index is 0.0321. The van der Waals surface area contributed by atoms with E-state index in [0.29, 0.717) is 28.3 Å². The summed E-state index contributed by atoms with van der Waals surface area (Å²) in [5, 5.41) is 11.5. The Bertz CT molecular complexity index is 1320. The predicted molar refractivity (Wildman–Crippen MR) is 136 cm³/mol. The van der Waals surface area contributed by atoms with Gasteiger partial charge in [-0.05, 0) is 72.0 Å². The molecule has 180 valence electrons. The van der Waals surface area contributed by atoms with Crippen molar-refractivity contribution in [1.82, 2.24) is 0 Å². The number of aryl methyl sites for hydroxylation is 1. The zero-order valence-electron chi connectivity index (χ0n) is 20.5. The van der Waals surface area contributed by atoms with E-state index in [1.165, 1.54) is 4.90 Å². The lowest BCUT2D eigenvalue weighted by Gasteiger charge is -2.26. The van der Waals surface area contributed by atoms with Gasteiger partial charge in [-0.3, -0.25) is 14.5 Å². The molecule has 1 amide bonds. The van der Waals surface area contributed by atoms with Gasteiger partial charge >= 0.3 is 0 Å². The summed E-state index contributed by atoms with van der Waals surface area (Å²) < 4.78 is 10.9. The average molecular weight is 472 g/mol. The maximum atomic E-state index is 13.4. The predicted octanol–water partition coefficient (Wildman–Crippen LogP) is 5.76. The van der Waals surface area contributed by atoms with Crippen LogP contribution in [0, 0.1) is 6.92 Å². The third-order valence-electron chi connectivity index (χ3n) is 6.26. The van der Waals surface area contributed by atoms with E-state index in [1.54, 1.807) is 50.6 Å². The molecule has 6 heteroatoms. The Labute approximate surface area is 205 Å². The first-order valence-electron chi connectivity index (χ1n) is 11.5. The molecule has 0 aromatic heterocycles. The van der Waals surface area contributed by atoms with Gasteiger partial charge in [0.15, 0.2) is 0 Å². The molecular formula is C29H29NO5. The second-order valence-corrected chi connectivity index (χ2v) is 8.90. The Hall–Kier alpha value is -4.06. The fourth-order valence-electron chi connectivity index (χ4n) is 4.49. The summed E-state index contributed by atoms with van der Waals surface area (Å²) in [6.07, 6.45) is 0. The summed E-state index contributed by atoms with van der Waals surface area (Å²) >= 11 is 0. The summed E-state index contributed by atoms with van der Waals surface area (Å²) in [6, 6.07) is 19.0. The Balaban J connectivity index is 1.96. The monoisotopic (exact) mass is 471 g/mol. The van der Waals surface area contributed by atoms with E-state index in [1.807, 2.05) is 51.1 Å². The van der Waals surface area contributed by atoms with Crippen LogP contribution >= 0.6 is 0 Å².